The number of halogens is 2. The van der Waals surface area contributed by atoms with E-state index < -0.39 is 29.9 Å². The van der Waals surface area contributed by atoms with Crippen molar-refractivity contribution in [3.05, 3.63) is 171 Å². The number of aromatic nitrogens is 2. The van der Waals surface area contributed by atoms with Crippen LogP contribution in [-0.4, -0.2) is 96.1 Å². The molecule has 6 aromatic carbocycles. The topological polar surface area (TPSA) is 286 Å². The Balaban J connectivity index is 0.000000275. The summed E-state index contributed by atoms with van der Waals surface area (Å²) in [6, 6.07) is 37.9. The van der Waals surface area contributed by atoms with Gasteiger partial charge in [-0.15, -0.1) is 0 Å². The molecule has 0 radical (unpaired) electrons. The number of methoxy groups -OCH3 is 1. The zero-order chi connectivity index (χ0) is 56.8. The van der Waals surface area contributed by atoms with E-state index in [1.54, 1.807) is 67.7 Å². The Morgan fingerprint density at radius 1 is 0.636 bits per heavy atom. The number of ether oxygens (including phenoxy) is 3. The first-order valence-electron chi connectivity index (χ1n) is 24.1. The number of hydrogen-bond acceptors (Lipinski definition) is 12. The van der Waals surface area contributed by atoms with Gasteiger partial charge in [-0.3, -0.25) is 29.4 Å². The number of nitrogen functional groups attached to an aromatic ring is 2. The van der Waals surface area contributed by atoms with Gasteiger partial charge in [0.1, 0.15) is 29.4 Å². The number of carboxylic acid groups (broad SMARTS) is 1. The van der Waals surface area contributed by atoms with Crippen LogP contribution in [0.3, 0.4) is 0 Å². The van der Waals surface area contributed by atoms with Gasteiger partial charge in [-0.05, 0) is 112 Å². The molecule has 0 saturated carbocycles. The Hall–Kier alpha value is -8.61. The molecule has 0 unspecified atom stereocenters. The predicted molar refractivity (Wildman–Crippen MR) is 303 cm³/mol. The number of nitrogens with one attached hydrogen (secondary N) is 6. The lowest BCUT2D eigenvalue weighted by Crippen LogP contribution is -2.47. The Morgan fingerprint density at radius 3 is 1.42 bits per heavy atom. The summed E-state index contributed by atoms with van der Waals surface area (Å²) in [6.45, 7) is 8.65. The fraction of sp³-hybridized carbons (Fsp3) is 0.246. The van der Waals surface area contributed by atoms with Gasteiger partial charge < -0.3 is 57.0 Å². The lowest BCUT2D eigenvalue weighted by atomic mass is 10.0. The van der Waals surface area contributed by atoms with Gasteiger partial charge >= 0.3 is 0 Å². The first-order chi connectivity index (χ1) is 36.6. The van der Waals surface area contributed by atoms with Gasteiger partial charge in [0.25, 0.3) is 17.8 Å². The number of aliphatic carboxylic acids is 1. The smallest absolute Gasteiger partial charge is 0.300 e. The number of fused-ring (bicyclic) bond motifs is 1. The monoisotopic (exact) mass is 1090 g/mol. The molecule has 1 heterocycles. The van der Waals surface area contributed by atoms with Gasteiger partial charge in [-0.2, -0.15) is 0 Å². The molecule has 77 heavy (non-hydrogen) atoms. The van der Waals surface area contributed by atoms with E-state index in [0.29, 0.717) is 56.0 Å². The highest BCUT2D eigenvalue weighted by Crippen LogP contribution is 2.28. The average molecular weight is 1090 g/mol. The third-order valence-corrected chi connectivity index (χ3v) is 11.4. The van der Waals surface area contributed by atoms with Crippen LogP contribution in [-0.2, 0) is 32.0 Å². The fourth-order valence-electron chi connectivity index (χ4n) is 7.01. The summed E-state index contributed by atoms with van der Waals surface area (Å²) < 4.78 is 16.1. The van der Waals surface area contributed by atoms with Crippen LogP contribution < -0.4 is 42.2 Å². The van der Waals surface area contributed by atoms with E-state index in [0.717, 1.165) is 40.5 Å². The van der Waals surface area contributed by atoms with Gasteiger partial charge in [0, 0.05) is 56.1 Å². The van der Waals surface area contributed by atoms with Gasteiger partial charge in [0.2, 0.25) is 17.7 Å². The Kier molecular flexibility index (Phi) is 23.8. The summed E-state index contributed by atoms with van der Waals surface area (Å²) in [4.78, 5) is 67.3. The number of amides is 4. The van der Waals surface area contributed by atoms with Gasteiger partial charge in [-0.1, -0.05) is 83.9 Å². The van der Waals surface area contributed by atoms with Crippen molar-refractivity contribution in [1.82, 2.24) is 31.2 Å². The number of H-pyrrole nitrogens is 1. The molecule has 0 bridgehead atoms. The van der Waals surface area contributed by atoms with Crippen molar-refractivity contribution in [3.8, 4) is 22.9 Å². The fourth-order valence-corrected chi connectivity index (χ4v) is 7.46. The molecular weight excluding hydrogens is 1030 g/mol. The highest BCUT2D eigenvalue weighted by molar-refractivity contribution is 6.32. The minimum Gasteiger partial charge on any atom is -0.489 e. The van der Waals surface area contributed by atoms with E-state index in [2.05, 4.69) is 31.2 Å². The van der Waals surface area contributed by atoms with E-state index in [1.807, 2.05) is 88.4 Å². The Labute approximate surface area is 457 Å². The van der Waals surface area contributed by atoms with Crippen LogP contribution >= 0.6 is 23.2 Å². The number of nitrogens with two attached hydrogens (primary N) is 2. The van der Waals surface area contributed by atoms with Gasteiger partial charge in [-0.25, -0.2) is 4.98 Å². The molecule has 20 heteroatoms. The largest absolute Gasteiger partial charge is 0.489 e. The quantitative estimate of drug-likeness (QED) is 0.0249. The maximum Gasteiger partial charge on any atom is 0.300 e. The van der Waals surface area contributed by atoms with E-state index in [1.165, 1.54) is 26.3 Å². The van der Waals surface area contributed by atoms with Crippen LogP contribution in [0.4, 0.5) is 11.4 Å². The highest BCUT2D eigenvalue weighted by Gasteiger charge is 2.24. The van der Waals surface area contributed by atoms with Crippen LogP contribution in [0, 0.1) is 5.41 Å². The number of hydrogen-bond donors (Lipinski definition) is 9. The SMILES string of the molecule is CC(=O)O.CNC(=O)[C@H](Cc1ccc(-c2nc3ccccc3[nH]2)cc1)NC(=O)c1ccc(OC(C)C)c(Cl)c1.CNC(=O)[C@H](Cc1ccc(C(=N)OC)cc1)NC(=O)c1ccc(OC(C)C)c(Cl)c1.Nc1ccccc1N. The highest BCUT2D eigenvalue weighted by atomic mass is 35.5. The predicted octanol–water partition coefficient (Wildman–Crippen LogP) is 8.89. The number of para-hydroxylation sites is 4. The Bertz CT molecular complexity index is 3050. The number of aromatic amines is 1. The number of likely N-dealkylation sites (N-methyl/N-ethyl adjacent to an activating group) is 2. The molecule has 0 fully saturated rings. The van der Waals surface area contributed by atoms with Crippen LogP contribution in [0.5, 0.6) is 11.5 Å². The van der Waals surface area contributed by atoms with Crippen molar-refractivity contribution < 1.29 is 43.3 Å². The number of imidazole rings is 1. The molecule has 0 aliphatic carbocycles. The number of rotatable bonds is 16. The second kappa shape index (κ2) is 30.1. The average Bonchev–Trinajstić information content (AvgIpc) is 3.84. The van der Waals surface area contributed by atoms with E-state index in [4.69, 9.17) is 64.2 Å². The van der Waals surface area contributed by atoms with Crippen molar-refractivity contribution in [2.45, 2.75) is 71.8 Å². The third kappa shape index (κ3) is 19.6. The van der Waals surface area contributed by atoms with Crippen molar-refractivity contribution >= 4 is 81.1 Å². The summed E-state index contributed by atoms with van der Waals surface area (Å²) >= 11 is 12.5. The number of anilines is 2. The maximum atomic E-state index is 12.9. The normalized spacial score (nSPS) is 11.2. The van der Waals surface area contributed by atoms with Crippen molar-refractivity contribution in [1.29, 1.82) is 5.41 Å². The van der Waals surface area contributed by atoms with E-state index >= 15 is 0 Å². The summed E-state index contributed by atoms with van der Waals surface area (Å²) in [5.74, 6) is -0.420. The lowest BCUT2D eigenvalue weighted by Gasteiger charge is -2.18. The molecular formula is C57H65Cl2N9O9. The molecule has 7 aromatic rings. The summed E-state index contributed by atoms with van der Waals surface area (Å²) in [6.07, 6.45) is 0.532. The first kappa shape index (κ1) is 60.9. The number of carboxylic acids is 1. The third-order valence-electron chi connectivity index (χ3n) is 10.8. The lowest BCUT2D eigenvalue weighted by molar-refractivity contribution is -0.134. The molecule has 2 atom stereocenters. The molecule has 0 aliphatic rings. The van der Waals surface area contributed by atoms with Crippen LogP contribution in [0.15, 0.2) is 133 Å². The molecule has 406 valence electrons. The molecule has 11 N–H and O–H groups in total. The first-order valence-corrected chi connectivity index (χ1v) is 24.9. The number of carbonyl (C=O) groups is 5. The molecule has 0 spiro atoms. The van der Waals surface area contributed by atoms with Crippen molar-refractivity contribution in [2.75, 3.05) is 32.7 Å². The zero-order valence-electron chi connectivity index (χ0n) is 44.0. The van der Waals surface area contributed by atoms with Crippen LogP contribution in [0.2, 0.25) is 10.0 Å². The van der Waals surface area contributed by atoms with E-state index in [9.17, 15) is 19.2 Å². The molecule has 7 rings (SSSR count). The number of benzene rings is 6. The number of carbonyl (C=O) groups excluding carboxylic acids is 4. The van der Waals surface area contributed by atoms with Crippen molar-refractivity contribution in [2.24, 2.45) is 0 Å². The minimum atomic E-state index is -0.833. The van der Waals surface area contributed by atoms with Crippen LogP contribution in [0.1, 0.15) is 72.0 Å². The van der Waals surface area contributed by atoms with Crippen LogP contribution in [0.25, 0.3) is 22.4 Å². The standard InChI is InChI=1S/C27H27ClN4O3.C22H26ClN3O4.C6H8N2.C2H4O2/c1-16(2)35-24-13-12-19(15-20(24)28)26(33)32-23(27(34)29-3)14-17-8-10-18(11-9-17)25-30-21-6-4-5-7-22(21)31-25;1-13(2)30-19-10-9-16(12-17(19)23)21(27)26-18(22(28)25-3)11-14-5-7-15(8-6-14)20(24)29-4;7-5-3-1-2-4-6(5)8;1-2(3)4/h4-13,15-16,23H,14H2,1-3H3,(H,29,34)(H,30,31)(H,32,33);5-10,12-13,18,24H,11H2,1-4H3,(H,25,28)(H,26,27);1-4H,7-8H2;1H3,(H,3,4)/t23-;18-;;/m00../s1. The molecule has 18 nitrogen and oxygen atoms in total. The molecule has 0 saturated heterocycles. The molecule has 0 aliphatic heterocycles. The van der Waals surface area contributed by atoms with Gasteiger partial charge in [0.15, 0.2) is 0 Å². The van der Waals surface area contributed by atoms with Crippen molar-refractivity contribution in [3.63, 3.8) is 0 Å². The maximum absolute atomic E-state index is 12.9. The minimum absolute atomic E-state index is 0.0389. The Morgan fingerprint density at radius 2 is 1.04 bits per heavy atom. The summed E-state index contributed by atoms with van der Waals surface area (Å²) in [5.41, 5.74) is 17.9. The summed E-state index contributed by atoms with van der Waals surface area (Å²) in [7, 11) is 4.49. The zero-order valence-corrected chi connectivity index (χ0v) is 45.5. The van der Waals surface area contributed by atoms with E-state index in [-0.39, 0.29) is 36.3 Å². The molecule has 4 amide bonds. The van der Waals surface area contributed by atoms with Gasteiger partial charge in [0.05, 0.1) is 51.8 Å². The summed E-state index contributed by atoms with van der Waals surface area (Å²) in [5, 5.41) is 26.5. The number of nitrogens with zero attached hydrogens (tertiary/aromatic N) is 1. The molecule has 1 aromatic heterocycles. The second-order valence-corrected chi connectivity index (χ2v) is 18.3. The second-order valence-electron chi connectivity index (χ2n) is 17.5.